The molecule has 118 valence electrons. The summed E-state index contributed by atoms with van der Waals surface area (Å²) in [7, 11) is 0.166. The fraction of sp³-hybridized carbons (Fsp3) is 0.211. The summed E-state index contributed by atoms with van der Waals surface area (Å²) >= 11 is 5.98. The van der Waals surface area contributed by atoms with Crippen LogP contribution in [0.25, 0.3) is 0 Å². The number of rotatable bonds is 3. The van der Waals surface area contributed by atoms with Crippen molar-refractivity contribution in [3.8, 4) is 17.2 Å². The van der Waals surface area contributed by atoms with E-state index in [9.17, 15) is 0 Å². The van der Waals surface area contributed by atoms with Gasteiger partial charge in [0.05, 0.1) is 12.8 Å². The number of halogens is 1. The van der Waals surface area contributed by atoms with Gasteiger partial charge >= 0.3 is 0 Å². The lowest BCUT2D eigenvalue weighted by Crippen LogP contribution is -2.17. The van der Waals surface area contributed by atoms with Gasteiger partial charge < -0.3 is 4.74 Å². The molecule has 0 heterocycles. The van der Waals surface area contributed by atoms with E-state index < -0.39 is 8.07 Å². The third-order valence-electron chi connectivity index (χ3n) is 2.99. The first kappa shape index (κ1) is 17.3. The molecule has 2 nitrogen and oxygen atoms in total. The highest BCUT2D eigenvalue weighted by Gasteiger charge is 2.09. The Morgan fingerprint density at radius 3 is 2.13 bits per heavy atom. The quantitative estimate of drug-likeness (QED) is 0.419. The van der Waals surface area contributed by atoms with Gasteiger partial charge in [-0.15, -0.1) is 5.54 Å². The second kappa shape index (κ2) is 7.50. The summed E-state index contributed by atoms with van der Waals surface area (Å²) in [4.78, 5) is 4.70. The minimum absolute atomic E-state index is 0.704. The minimum Gasteiger partial charge on any atom is -0.497 e. The third kappa shape index (κ3) is 5.59. The summed E-state index contributed by atoms with van der Waals surface area (Å²) in [6.07, 6.45) is 0. The number of ether oxygens (including phenoxy) is 1. The lowest BCUT2D eigenvalue weighted by atomic mass is 10.1. The predicted octanol–water partition coefficient (Wildman–Crippen LogP) is 5.35. The molecule has 0 aromatic heterocycles. The molecule has 0 spiro atoms. The molecular formula is C19H20ClNOSi. The van der Waals surface area contributed by atoms with Crippen LogP contribution in [0.2, 0.25) is 24.7 Å². The zero-order valence-electron chi connectivity index (χ0n) is 13.9. The Morgan fingerprint density at radius 2 is 1.61 bits per heavy atom. The maximum absolute atomic E-state index is 5.98. The maximum atomic E-state index is 5.98. The van der Waals surface area contributed by atoms with Crippen molar-refractivity contribution >= 4 is 31.1 Å². The van der Waals surface area contributed by atoms with Crippen molar-refractivity contribution in [1.82, 2.24) is 0 Å². The summed E-state index contributed by atoms with van der Waals surface area (Å²) in [6, 6.07) is 15.2. The fourth-order valence-corrected chi connectivity index (χ4v) is 2.42. The van der Waals surface area contributed by atoms with Crippen LogP contribution in [0, 0.1) is 11.5 Å². The van der Waals surface area contributed by atoms with E-state index in [4.69, 9.17) is 21.3 Å². The summed E-state index contributed by atoms with van der Waals surface area (Å²) in [5.74, 6) is 4.07. The van der Waals surface area contributed by atoms with Crippen LogP contribution < -0.4 is 4.74 Å². The smallest absolute Gasteiger partial charge is 0.129 e. The molecule has 0 atom stereocenters. The van der Waals surface area contributed by atoms with Gasteiger partial charge in [-0.3, -0.25) is 0 Å². The standard InChI is InChI=1S/C19H20ClNOSi/c1-22-18-11-9-17(10-12-18)21-19(13-14-23(2,3)4)15-5-7-16(20)8-6-15/h5-12H,1-4H3. The Bertz CT molecular complexity index is 747. The van der Waals surface area contributed by atoms with Crippen LogP contribution in [0.5, 0.6) is 5.75 Å². The van der Waals surface area contributed by atoms with Crippen LogP contribution in [0.3, 0.4) is 0 Å². The molecule has 0 fully saturated rings. The maximum Gasteiger partial charge on any atom is 0.129 e. The first-order chi connectivity index (χ1) is 10.9. The second-order valence-electron chi connectivity index (χ2n) is 6.17. The van der Waals surface area contributed by atoms with Crippen LogP contribution in [0.1, 0.15) is 5.56 Å². The Labute approximate surface area is 144 Å². The van der Waals surface area contributed by atoms with Gasteiger partial charge in [0.1, 0.15) is 19.5 Å². The molecule has 0 aliphatic rings. The van der Waals surface area contributed by atoms with Crippen LogP contribution in [0.15, 0.2) is 53.5 Å². The highest BCUT2D eigenvalue weighted by atomic mass is 35.5. The first-order valence-electron chi connectivity index (χ1n) is 7.39. The summed E-state index contributed by atoms with van der Waals surface area (Å²) in [6.45, 7) is 6.65. The van der Waals surface area contributed by atoms with Crippen molar-refractivity contribution in [1.29, 1.82) is 0 Å². The molecule has 0 N–H and O–H groups in total. The predicted molar refractivity (Wildman–Crippen MR) is 102 cm³/mol. The fourth-order valence-electron chi connectivity index (χ4n) is 1.80. The highest BCUT2D eigenvalue weighted by molar-refractivity contribution is 6.84. The Balaban J connectivity index is 2.44. The molecule has 0 aliphatic carbocycles. The average Bonchev–Trinajstić information content (AvgIpc) is 2.52. The average molecular weight is 342 g/mol. The summed E-state index contributed by atoms with van der Waals surface area (Å²) in [5, 5.41) is 0.704. The lowest BCUT2D eigenvalue weighted by Gasteiger charge is -2.06. The molecule has 0 saturated carbocycles. The number of hydrogen-bond acceptors (Lipinski definition) is 2. The van der Waals surface area contributed by atoms with E-state index >= 15 is 0 Å². The van der Waals surface area contributed by atoms with Gasteiger partial charge in [0.15, 0.2) is 0 Å². The van der Waals surface area contributed by atoms with E-state index in [0.717, 1.165) is 22.7 Å². The van der Waals surface area contributed by atoms with Crippen LogP contribution >= 0.6 is 11.6 Å². The number of nitrogens with zero attached hydrogens (tertiary/aromatic N) is 1. The number of aliphatic imine (C=N–C) groups is 1. The molecule has 23 heavy (non-hydrogen) atoms. The molecule has 0 unspecified atom stereocenters. The van der Waals surface area contributed by atoms with Gasteiger partial charge in [0.25, 0.3) is 0 Å². The zero-order chi connectivity index (χ0) is 16.9. The van der Waals surface area contributed by atoms with E-state index in [1.54, 1.807) is 7.11 Å². The molecule has 0 bridgehead atoms. The van der Waals surface area contributed by atoms with Crippen molar-refractivity contribution in [2.24, 2.45) is 4.99 Å². The van der Waals surface area contributed by atoms with Crippen molar-refractivity contribution in [3.63, 3.8) is 0 Å². The number of hydrogen-bond donors (Lipinski definition) is 0. The molecule has 2 aromatic carbocycles. The lowest BCUT2D eigenvalue weighted by molar-refractivity contribution is 0.415. The van der Waals surface area contributed by atoms with E-state index in [0.29, 0.717) is 5.02 Å². The van der Waals surface area contributed by atoms with Crippen molar-refractivity contribution in [3.05, 3.63) is 59.1 Å². The SMILES string of the molecule is COc1ccc(N=C(C#C[Si](C)(C)C)c2ccc(Cl)cc2)cc1. The van der Waals surface area contributed by atoms with Crippen molar-refractivity contribution < 1.29 is 4.74 Å². The van der Waals surface area contributed by atoms with E-state index in [-0.39, 0.29) is 0 Å². The molecule has 0 radical (unpaired) electrons. The minimum atomic E-state index is -1.48. The normalized spacial score (nSPS) is 11.6. The third-order valence-corrected chi connectivity index (χ3v) is 4.11. The van der Waals surface area contributed by atoms with E-state index in [1.807, 2.05) is 48.5 Å². The van der Waals surface area contributed by atoms with Crippen LogP contribution in [0.4, 0.5) is 5.69 Å². The molecule has 0 amide bonds. The Hall–Kier alpha value is -2.02. The zero-order valence-corrected chi connectivity index (χ0v) is 15.6. The topological polar surface area (TPSA) is 21.6 Å². The van der Waals surface area contributed by atoms with Gasteiger partial charge in [0, 0.05) is 10.6 Å². The number of methoxy groups -OCH3 is 1. The monoisotopic (exact) mass is 341 g/mol. The van der Waals surface area contributed by atoms with E-state index in [2.05, 4.69) is 31.1 Å². The molecular weight excluding hydrogens is 322 g/mol. The van der Waals surface area contributed by atoms with Gasteiger partial charge in [-0.25, -0.2) is 4.99 Å². The molecule has 2 rings (SSSR count). The molecule has 2 aromatic rings. The number of benzene rings is 2. The van der Waals surface area contributed by atoms with E-state index in [1.165, 1.54) is 0 Å². The Kier molecular flexibility index (Phi) is 5.65. The second-order valence-corrected chi connectivity index (χ2v) is 11.4. The van der Waals surface area contributed by atoms with Crippen LogP contribution in [-0.2, 0) is 0 Å². The Morgan fingerprint density at radius 1 is 1.00 bits per heavy atom. The van der Waals surface area contributed by atoms with Gasteiger partial charge in [-0.05, 0) is 36.4 Å². The summed E-state index contributed by atoms with van der Waals surface area (Å²) in [5.41, 5.74) is 5.95. The van der Waals surface area contributed by atoms with Gasteiger partial charge in [0.2, 0.25) is 0 Å². The molecule has 0 saturated heterocycles. The van der Waals surface area contributed by atoms with Gasteiger partial charge in [-0.2, -0.15) is 0 Å². The van der Waals surface area contributed by atoms with Gasteiger partial charge in [-0.1, -0.05) is 49.3 Å². The molecule has 0 aliphatic heterocycles. The molecule has 4 heteroatoms. The highest BCUT2D eigenvalue weighted by Crippen LogP contribution is 2.19. The summed E-state index contributed by atoms with van der Waals surface area (Å²) < 4.78 is 5.18. The van der Waals surface area contributed by atoms with Crippen molar-refractivity contribution in [2.75, 3.05) is 7.11 Å². The van der Waals surface area contributed by atoms with Crippen LogP contribution in [-0.4, -0.2) is 20.9 Å². The van der Waals surface area contributed by atoms with Crippen molar-refractivity contribution in [2.45, 2.75) is 19.6 Å². The first-order valence-corrected chi connectivity index (χ1v) is 11.3. The largest absolute Gasteiger partial charge is 0.497 e.